The van der Waals surface area contributed by atoms with E-state index in [9.17, 15) is 13.2 Å². The summed E-state index contributed by atoms with van der Waals surface area (Å²) in [7, 11) is -3.73. The van der Waals surface area contributed by atoms with Gasteiger partial charge in [-0.3, -0.25) is 9.52 Å². The highest BCUT2D eigenvalue weighted by atomic mass is 32.2. The molecule has 0 aliphatic heterocycles. The number of carbonyl (C=O) groups excluding carboxylic acids is 1. The maximum Gasteiger partial charge on any atom is 0.262 e. The van der Waals surface area contributed by atoms with Crippen LogP contribution in [0.1, 0.15) is 36.5 Å². The zero-order valence-corrected chi connectivity index (χ0v) is 19.5. The lowest BCUT2D eigenvalue weighted by molar-refractivity contribution is -0.118. The molecule has 3 aromatic rings. The largest absolute Gasteiger partial charge is 0.483 e. The average molecular weight is 453 g/mol. The minimum absolute atomic E-state index is 0.123. The van der Waals surface area contributed by atoms with Crippen molar-refractivity contribution in [3.63, 3.8) is 0 Å². The molecule has 0 bridgehead atoms. The first kappa shape index (κ1) is 23.3. The zero-order valence-electron chi connectivity index (χ0n) is 18.7. The summed E-state index contributed by atoms with van der Waals surface area (Å²) in [5.41, 5.74) is 4.05. The number of aryl methyl sites for hydroxylation is 2. The summed E-state index contributed by atoms with van der Waals surface area (Å²) >= 11 is 0. The molecule has 0 fully saturated rings. The molecule has 0 spiro atoms. The van der Waals surface area contributed by atoms with Crippen LogP contribution in [0.5, 0.6) is 5.75 Å². The standard InChI is InChI=1S/C25H28N2O4S/c1-17(2)20-7-11-21(12-8-20)26-25(28)16-31-24-14-13-23(15-19(24)4)32(29,30)27-22-9-5-18(3)6-10-22/h5-15,17,27H,16H2,1-4H3,(H,26,28). The van der Waals surface area contributed by atoms with E-state index in [1.165, 1.54) is 17.7 Å². The van der Waals surface area contributed by atoms with Crippen LogP contribution in [0.25, 0.3) is 0 Å². The van der Waals surface area contributed by atoms with E-state index in [1.54, 1.807) is 25.1 Å². The molecule has 1 amide bonds. The molecule has 32 heavy (non-hydrogen) atoms. The average Bonchev–Trinajstić information content (AvgIpc) is 2.74. The van der Waals surface area contributed by atoms with Crippen molar-refractivity contribution in [1.29, 1.82) is 0 Å². The minimum Gasteiger partial charge on any atom is -0.483 e. The van der Waals surface area contributed by atoms with E-state index < -0.39 is 10.0 Å². The number of hydrogen-bond donors (Lipinski definition) is 2. The fraction of sp³-hybridized carbons (Fsp3) is 0.240. The van der Waals surface area contributed by atoms with E-state index in [2.05, 4.69) is 23.9 Å². The van der Waals surface area contributed by atoms with Gasteiger partial charge in [-0.15, -0.1) is 0 Å². The van der Waals surface area contributed by atoms with Crippen LogP contribution in [0, 0.1) is 13.8 Å². The fourth-order valence-corrected chi connectivity index (χ4v) is 4.22. The van der Waals surface area contributed by atoms with Gasteiger partial charge >= 0.3 is 0 Å². The van der Waals surface area contributed by atoms with Crippen LogP contribution in [0.15, 0.2) is 71.6 Å². The summed E-state index contributed by atoms with van der Waals surface area (Å²) in [6.07, 6.45) is 0. The SMILES string of the molecule is Cc1ccc(NS(=O)(=O)c2ccc(OCC(=O)Nc3ccc(C(C)C)cc3)c(C)c2)cc1. The monoisotopic (exact) mass is 452 g/mol. The first-order chi connectivity index (χ1) is 15.1. The summed E-state index contributed by atoms with van der Waals surface area (Å²) in [4.78, 5) is 12.3. The number of rotatable bonds is 8. The Labute approximate surface area is 189 Å². The van der Waals surface area contributed by atoms with E-state index in [0.29, 0.717) is 28.6 Å². The highest BCUT2D eigenvalue weighted by Crippen LogP contribution is 2.24. The fourth-order valence-electron chi connectivity index (χ4n) is 3.08. The summed E-state index contributed by atoms with van der Waals surface area (Å²) in [6.45, 7) is 7.71. The number of anilines is 2. The van der Waals surface area contributed by atoms with Crippen molar-refractivity contribution in [2.75, 3.05) is 16.6 Å². The Morgan fingerprint density at radius 3 is 2.12 bits per heavy atom. The Balaban J connectivity index is 1.61. The Morgan fingerprint density at radius 1 is 0.906 bits per heavy atom. The number of amides is 1. The normalized spacial score (nSPS) is 11.3. The van der Waals surface area contributed by atoms with Gasteiger partial charge in [0.1, 0.15) is 5.75 Å². The van der Waals surface area contributed by atoms with Gasteiger partial charge in [0.15, 0.2) is 6.61 Å². The Hall–Kier alpha value is -3.32. The molecule has 3 rings (SSSR count). The van der Waals surface area contributed by atoms with Gasteiger partial charge in [0.05, 0.1) is 4.90 Å². The number of nitrogens with one attached hydrogen (secondary N) is 2. The van der Waals surface area contributed by atoms with E-state index in [-0.39, 0.29) is 17.4 Å². The maximum atomic E-state index is 12.7. The van der Waals surface area contributed by atoms with Gasteiger partial charge in [-0.2, -0.15) is 0 Å². The highest BCUT2D eigenvalue weighted by Gasteiger charge is 2.16. The molecule has 6 nitrogen and oxygen atoms in total. The van der Waals surface area contributed by atoms with Gasteiger partial charge in [0.2, 0.25) is 0 Å². The number of ether oxygens (including phenoxy) is 1. The van der Waals surface area contributed by atoms with Crippen LogP contribution in [0.3, 0.4) is 0 Å². The van der Waals surface area contributed by atoms with Gasteiger partial charge in [0.25, 0.3) is 15.9 Å². The van der Waals surface area contributed by atoms with Crippen molar-refractivity contribution in [2.24, 2.45) is 0 Å². The second-order valence-corrected chi connectivity index (χ2v) is 9.69. The second-order valence-electron chi connectivity index (χ2n) is 8.01. The molecular formula is C25H28N2O4S. The van der Waals surface area contributed by atoms with Crippen LogP contribution < -0.4 is 14.8 Å². The third kappa shape index (κ3) is 6.11. The number of hydrogen-bond acceptors (Lipinski definition) is 4. The summed E-state index contributed by atoms with van der Waals surface area (Å²) in [6, 6.07) is 19.3. The minimum atomic E-state index is -3.73. The molecule has 168 valence electrons. The van der Waals surface area contributed by atoms with Crippen LogP contribution in [-0.4, -0.2) is 20.9 Å². The van der Waals surface area contributed by atoms with Gasteiger partial charge in [-0.1, -0.05) is 43.7 Å². The molecule has 0 radical (unpaired) electrons. The molecule has 0 aromatic heterocycles. The van der Waals surface area contributed by atoms with Crippen LogP contribution >= 0.6 is 0 Å². The van der Waals surface area contributed by atoms with E-state index in [4.69, 9.17) is 4.74 Å². The van der Waals surface area contributed by atoms with E-state index >= 15 is 0 Å². The van der Waals surface area contributed by atoms with Crippen molar-refractivity contribution in [3.8, 4) is 5.75 Å². The molecule has 0 saturated heterocycles. The van der Waals surface area contributed by atoms with Crippen molar-refractivity contribution >= 4 is 27.3 Å². The lowest BCUT2D eigenvalue weighted by Gasteiger charge is -2.13. The molecule has 0 heterocycles. The van der Waals surface area contributed by atoms with Gasteiger partial charge in [-0.25, -0.2) is 8.42 Å². The molecular weight excluding hydrogens is 424 g/mol. The molecule has 0 atom stereocenters. The molecule has 3 aromatic carbocycles. The van der Waals surface area contributed by atoms with Crippen LogP contribution in [0.4, 0.5) is 11.4 Å². The van der Waals surface area contributed by atoms with E-state index in [1.807, 2.05) is 43.3 Å². The van der Waals surface area contributed by atoms with Crippen LogP contribution in [-0.2, 0) is 14.8 Å². The van der Waals surface area contributed by atoms with Crippen molar-refractivity contribution in [2.45, 2.75) is 38.5 Å². The molecule has 2 N–H and O–H groups in total. The summed E-state index contributed by atoms with van der Waals surface area (Å²) in [5, 5.41) is 2.79. The van der Waals surface area contributed by atoms with Crippen LogP contribution in [0.2, 0.25) is 0 Å². The maximum absolute atomic E-state index is 12.7. The smallest absolute Gasteiger partial charge is 0.262 e. The predicted octanol–water partition coefficient (Wildman–Crippen LogP) is 5.25. The summed E-state index contributed by atoms with van der Waals surface area (Å²) < 4.78 is 33.5. The third-order valence-corrected chi connectivity index (χ3v) is 6.36. The second kappa shape index (κ2) is 9.87. The number of benzene rings is 3. The topological polar surface area (TPSA) is 84.5 Å². The van der Waals surface area contributed by atoms with Crippen molar-refractivity contribution in [1.82, 2.24) is 0 Å². The summed E-state index contributed by atoms with van der Waals surface area (Å²) in [5.74, 6) is 0.578. The van der Waals surface area contributed by atoms with Gasteiger partial charge in [-0.05, 0) is 73.4 Å². The lowest BCUT2D eigenvalue weighted by atomic mass is 10.0. The van der Waals surface area contributed by atoms with Gasteiger partial charge < -0.3 is 10.1 Å². The van der Waals surface area contributed by atoms with Crippen molar-refractivity contribution in [3.05, 3.63) is 83.4 Å². The Bertz CT molecular complexity index is 1190. The zero-order chi connectivity index (χ0) is 23.3. The molecule has 0 aliphatic rings. The molecule has 7 heteroatoms. The molecule has 0 unspecified atom stereocenters. The highest BCUT2D eigenvalue weighted by molar-refractivity contribution is 7.92. The predicted molar refractivity (Wildman–Crippen MR) is 128 cm³/mol. The molecule has 0 saturated carbocycles. The Morgan fingerprint density at radius 2 is 1.53 bits per heavy atom. The third-order valence-electron chi connectivity index (χ3n) is 4.98. The first-order valence-corrected chi connectivity index (χ1v) is 11.8. The number of sulfonamides is 1. The van der Waals surface area contributed by atoms with Crippen molar-refractivity contribution < 1.29 is 17.9 Å². The first-order valence-electron chi connectivity index (χ1n) is 10.4. The van der Waals surface area contributed by atoms with E-state index in [0.717, 1.165) is 5.56 Å². The van der Waals surface area contributed by atoms with Gasteiger partial charge in [0, 0.05) is 11.4 Å². The molecule has 0 aliphatic carbocycles. The quantitative estimate of drug-likeness (QED) is 0.489. The Kier molecular flexibility index (Phi) is 7.20. The number of carbonyl (C=O) groups is 1. The lowest BCUT2D eigenvalue weighted by Crippen LogP contribution is -2.20.